The number of aliphatic hydroxyl groups excluding tert-OH is 1. The molecule has 35 heavy (non-hydrogen) atoms. The Labute approximate surface area is 214 Å². The van der Waals surface area contributed by atoms with E-state index in [4.69, 9.17) is 21.1 Å². The maximum absolute atomic E-state index is 13.1. The van der Waals surface area contributed by atoms with Gasteiger partial charge in [-0.2, -0.15) is 0 Å². The zero-order chi connectivity index (χ0) is 25.7. The third kappa shape index (κ3) is 7.55. The second-order valence-electron chi connectivity index (χ2n) is 10.7. The first kappa shape index (κ1) is 28.2. The fraction of sp³-hybridized carbons (Fsp3) is 0.720. The molecule has 1 aromatic rings. The van der Waals surface area contributed by atoms with E-state index in [1.807, 2.05) is 6.07 Å². The van der Waals surface area contributed by atoms with Crippen LogP contribution in [0.25, 0.3) is 0 Å². The van der Waals surface area contributed by atoms with Crippen LogP contribution in [0.2, 0.25) is 0 Å². The minimum Gasteiger partial charge on any atom is -0.444 e. The number of nitrogens with zero attached hydrogens (tertiary/aromatic N) is 1. The summed E-state index contributed by atoms with van der Waals surface area (Å²) in [5.74, 6) is 0.496. The molecule has 3 rings (SSSR count). The molecule has 1 aromatic carbocycles. The van der Waals surface area contributed by atoms with E-state index in [2.05, 4.69) is 29.0 Å². The summed E-state index contributed by atoms with van der Waals surface area (Å²) in [6.07, 6.45) is 4.05. The Kier molecular flexibility index (Phi) is 9.48. The van der Waals surface area contributed by atoms with Gasteiger partial charge in [0.05, 0.1) is 30.9 Å². The number of alkyl halides is 1. The third-order valence-corrected chi connectivity index (χ3v) is 8.75. The summed E-state index contributed by atoms with van der Waals surface area (Å²) in [7, 11) is -3.87. The second kappa shape index (κ2) is 11.8. The van der Waals surface area contributed by atoms with E-state index in [-0.39, 0.29) is 12.7 Å². The molecule has 2 fully saturated rings. The molecule has 0 bridgehead atoms. The van der Waals surface area contributed by atoms with Crippen LogP contribution in [-0.2, 0) is 19.5 Å². The highest BCUT2D eigenvalue weighted by atomic mass is 35.5. The summed E-state index contributed by atoms with van der Waals surface area (Å²) >= 11 is 5.66. The number of piperidine rings is 1. The fourth-order valence-electron chi connectivity index (χ4n) is 5.16. The highest BCUT2D eigenvalue weighted by Crippen LogP contribution is 2.35. The molecule has 1 saturated heterocycles. The number of hydrogen-bond donors (Lipinski definition) is 2. The van der Waals surface area contributed by atoms with E-state index >= 15 is 0 Å². The SMILES string of the molecule is CC(C)(C)OC(=O)N1CCC[C@](CO)(NS(=O)(=O)CCl)[C@@H]1CO[C@H]1CC[C@@H](c2ccccc2)CC1. The van der Waals surface area contributed by atoms with Gasteiger partial charge < -0.3 is 19.5 Å². The molecule has 2 atom stereocenters. The van der Waals surface area contributed by atoms with Gasteiger partial charge in [0, 0.05) is 6.54 Å². The van der Waals surface area contributed by atoms with Crippen molar-refractivity contribution in [2.75, 3.05) is 25.0 Å². The molecule has 1 aliphatic heterocycles. The van der Waals surface area contributed by atoms with Gasteiger partial charge in [-0.3, -0.25) is 0 Å². The van der Waals surface area contributed by atoms with Gasteiger partial charge in [0.15, 0.2) is 0 Å². The molecule has 1 heterocycles. The molecule has 8 nitrogen and oxygen atoms in total. The highest BCUT2D eigenvalue weighted by Gasteiger charge is 2.49. The van der Waals surface area contributed by atoms with Gasteiger partial charge in [-0.05, 0) is 70.8 Å². The Hall–Kier alpha value is -1.39. The monoisotopic (exact) mass is 530 g/mol. The van der Waals surface area contributed by atoms with E-state index in [1.54, 1.807) is 20.8 Å². The molecular weight excluding hydrogens is 492 g/mol. The zero-order valence-corrected chi connectivity index (χ0v) is 22.5. The van der Waals surface area contributed by atoms with Crippen molar-refractivity contribution in [1.82, 2.24) is 9.62 Å². The number of aliphatic hydroxyl groups is 1. The van der Waals surface area contributed by atoms with Crippen molar-refractivity contribution in [3.63, 3.8) is 0 Å². The normalized spacial score (nSPS) is 28.0. The van der Waals surface area contributed by atoms with Crippen LogP contribution in [0.15, 0.2) is 30.3 Å². The van der Waals surface area contributed by atoms with Crippen LogP contribution >= 0.6 is 11.6 Å². The second-order valence-corrected chi connectivity index (χ2v) is 13.0. The lowest BCUT2D eigenvalue weighted by Gasteiger charge is -2.49. The number of benzene rings is 1. The molecule has 10 heteroatoms. The quantitative estimate of drug-likeness (QED) is 0.493. The van der Waals surface area contributed by atoms with Crippen molar-refractivity contribution in [3.8, 4) is 0 Å². The molecule has 0 spiro atoms. The zero-order valence-electron chi connectivity index (χ0n) is 20.9. The average Bonchev–Trinajstić information content (AvgIpc) is 2.82. The van der Waals surface area contributed by atoms with Crippen molar-refractivity contribution in [3.05, 3.63) is 35.9 Å². The lowest BCUT2D eigenvalue weighted by atomic mass is 9.82. The van der Waals surface area contributed by atoms with Gasteiger partial charge >= 0.3 is 6.09 Å². The predicted molar refractivity (Wildman–Crippen MR) is 136 cm³/mol. The van der Waals surface area contributed by atoms with E-state index in [9.17, 15) is 18.3 Å². The number of hydrogen-bond acceptors (Lipinski definition) is 6. The Morgan fingerprint density at radius 2 is 1.86 bits per heavy atom. The summed E-state index contributed by atoms with van der Waals surface area (Å²) in [5, 5.41) is 9.76. The number of likely N-dealkylation sites (tertiary alicyclic amines) is 1. The van der Waals surface area contributed by atoms with Crippen molar-refractivity contribution < 1.29 is 27.8 Å². The van der Waals surface area contributed by atoms with Crippen LogP contribution in [-0.4, -0.2) is 72.8 Å². The van der Waals surface area contributed by atoms with Gasteiger partial charge in [0.2, 0.25) is 10.0 Å². The van der Waals surface area contributed by atoms with Crippen LogP contribution in [0.1, 0.15) is 70.8 Å². The van der Waals surface area contributed by atoms with E-state index < -0.39 is 45.1 Å². The lowest BCUT2D eigenvalue weighted by Crippen LogP contribution is -2.69. The van der Waals surface area contributed by atoms with Crippen molar-refractivity contribution in [2.45, 2.75) is 88.5 Å². The fourth-order valence-corrected chi connectivity index (χ4v) is 6.30. The molecule has 2 aliphatic rings. The van der Waals surface area contributed by atoms with Crippen molar-refractivity contribution >= 4 is 27.7 Å². The van der Waals surface area contributed by atoms with E-state index in [1.165, 1.54) is 10.5 Å². The van der Waals surface area contributed by atoms with Crippen LogP contribution in [0, 0.1) is 0 Å². The van der Waals surface area contributed by atoms with Crippen LogP contribution < -0.4 is 4.72 Å². The summed E-state index contributed by atoms with van der Waals surface area (Å²) in [5.41, 5.74) is -0.679. The minimum absolute atomic E-state index is 0.00148. The van der Waals surface area contributed by atoms with Gasteiger partial charge in [0.25, 0.3) is 0 Å². The maximum Gasteiger partial charge on any atom is 0.410 e. The van der Waals surface area contributed by atoms with Gasteiger partial charge in [-0.1, -0.05) is 30.3 Å². The molecular formula is C25H39ClN2O6S. The number of rotatable bonds is 8. The Morgan fingerprint density at radius 1 is 1.20 bits per heavy atom. The summed E-state index contributed by atoms with van der Waals surface area (Å²) in [6.45, 7) is 5.32. The average molecular weight is 531 g/mol. The number of amides is 1. The van der Waals surface area contributed by atoms with Crippen LogP contribution in [0.3, 0.4) is 0 Å². The Balaban J connectivity index is 1.75. The van der Waals surface area contributed by atoms with E-state index in [0.29, 0.717) is 25.3 Å². The van der Waals surface area contributed by atoms with E-state index in [0.717, 1.165) is 25.7 Å². The smallest absolute Gasteiger partial charge is 0.410 e. The first-order valence-corrected chi connectivity index (χ1v) is 14.5. The van der Waals surface area contributed by atoms with Gasteiger partial charge in [0.1, 0.15) is 10.8 Å². The molecule has 1 saturated carbocycles. The number of ether oxygens (including phenoxy) is 2. The largest absolute Gasteiger partial charge is 0.444 e. The summed E-state index contributed by atoms with van der Waals surface area (Å²) in [6, 6.07) is 9.72. The highest BCUT2D eigenvalue weighted by molar-refractivity contribution is 7.90. The van der Waals surface area contributed by atoms with Gasteiger partial charge in [-0.15, -0.1) is 11.6 Å². The molecule has 198 valence electrons. The molecule has 1 aliphatic carbocycles. The first-order chi connectivity index (χ1) is 16.5. The van der Waals surface area contributed by atoms with Crippen LogP contribution in [0.5, 0.6) is 0 Å². The third-order valence-electron chi connectivity index (χ3n) is 6.88. The number of nitrogens with one attached hydrogen (secondary N) is 1. The molecule has 1 amide bonds. The predicted octanol–water partition coefficient (Wildman–Crippen LogP) is 3.98. The molecule has 0 unspecified atom stereocenters. The Morgan fingerprint density at radius 3 is 2.43 bits per heavy atom. The molecule has 0 radical (unpaired) electrons. The maximum atomic E-state index is 13.1. The van der Waals surface area contributed by atoms with Gasteiger partial charge in [-0.25, -0.2) is 17.9 Å². The number of sulfonamides is 1. The van der Waals surface area contributed by atoms with Crippen LogP contribution in [0.4, 0.5) is 4.79 Å². The number of carbonyl (C=O) groups excluding carboxylic acids is 1. The number of carbonyl (C=O) groups is 1. The van der Waals surface area contributed by atoms with Crippen molar-refractivity contribution in [1.29, 1.82) is 0 Å². The standard InChI is InChI=1S/C25H39ClN2O6S/c1-24(2,3)34-23(30)28-15-7-14-25(17-29,27-35(31,32)18-26)22(28)16-33-21-12-10-20(11-13-21)19-8-5-4-6-9-19/h4-6,8-9,20-22,27,29H,7,10-18H2,1-3H3/t20-,21+,22-,25+/m0/s1. The van der Waals surface area contributed by atoms with Crippen molar-refractivity contribution in [2.24, 2.45) is 0 Å². The lowest BCUT2D eigenvalue weighted by molar-refractivity contribution is -0.0656. The molecule has 0 aromatic heterocycles. The topological polar surface area (TPSA) is 105 Å². The summed E-state index contributed by atoms with van der Waals surface area (Å²) < 4.78 is 39.3. The minimum atomic E-state index is -3.87. The first-order valence-electron chi connectivity index (χ1n) is 12.3. The molecule has 2 N–H and O–H groups in total. The Bertz CT molecular complexity index is 931. The number of halogens is 1. The summed E-state index contributed by atoms with van der Waals surface area (Å²) in [4.78, 5) is 14.6.